The summed E-state index contributed by atoms with van der Waals surface area (Å²) in [4.78, 5) is 0. The summed E-state index contributed by atoms with van der Waals surface area (Å²) in [6.07, 6.45) is 0. The fourth-order valence-electron chi connectivity index (χ4n) is 1.67. The molecular weight excluding hydrogens is 278 g/mol. The molecule has 1 aromatic carbocycles. The molecule has 0 aliphatic rings. The van der Waals surface area contributed by atoms with Gasteiger partial charge in [-0.3, -0.25) is 0 Å². The van der Waals surface area contributed by atoms with Crippen LogP contribution in [0, 0.1) is 0 Å². The molecule has 0 radical (unpaired) electrons. The Balaban J connectivity index is 2.76. The molecular formula is C14H23NO4S. The van der Waals surface area contributed by atoms with Crippen LogP contribution < -0.4 is 14.8 Å². The Morgan fingerprint density at radius 3 is 2.40 bits per heavy atom. The molecule has 1 N–H and O–H groups in total. The summed E-state index contributed by atoms with van der Waals surface area (Å²) in [7, 11) is -2.97. The van der Waals surface area contributed by atoms with Gasteiger partial charge in [-0.1, -0.05) is 6.92 Å². The van der Waals surface area contributed by atoms with Crippen molar-refractivity contribution in [3.63, 3.8) is 0 Å². The van der Waals surface area contributed by atoms with E-state index >= 15 is 0 Å². The van der Waals surface area contributed by atoms with Gasteiger partial charge in [0.25, 0.3) is 0 Å². The number of hydrogen-bond donors (Lipinski definition) is 1. The molecule has 1 rings (SSSR count). The summed E-state index contributed by atoms with van der Waals surface area (Å²) in [6.45, 7) is 6.95. The second-order valence-corrected chi connectivity index (χ2v) is 6.66. The summed E-state index contributed by atoms with van der Waals surface area (Å²) in [5.41, 5.74) is 0.754. The molecule has 0 amide bonds. The van der Waals surface area contributed by atoms with E-state index in [-0.39, 0.29) is 11.5 Å². The topological polar surface area (TPSA) is 64.6 Å². The SMILES string of the molecule is CCOc1ccc(OCC)c(NCCS(=O)(=O)CC)c1. The molecule has 0 bridgehead atoms. The van der Waals surface area contributed by atoms with Gasteiger partial charge in [-0.15, -0.1) is 0 Å². The Morgan fingerprint density at radius 1 is 1.10 bits per heavy atom. The molecule has 5 nitrogen and oxygen atoms in total. The standard InChI is InChI=1S/C14H23NO4S/c1-4-18-12-7-8-14(19-5-2)13(11-12)15-9-10-20(16,17)6-3/h7-8,11,15H,4-6,9-10H2,1-3H3. The van der Waals surface area contributed by atoms with E-state index in [4.69, 9.17) is 9.47 Å². The van der Waals surface area contributed by atoms with Crippen molar-refractivity contribution in [2.75, 3.05) is 36.6 Å². The average molecular weight is 301 g/mol. The van der Waals surface area contributed by atoms with Gasteiger partial charge in [0.05, 0.1) is 24.7 Å². The van der Waals surface area contributed by atoms with E-state index < -0.39 is 9.84 Å². The lowest BCUT2D eigenvalue weighted by Gasteiger charge is -2.14. The second kappa shape index (κ2) is 7.99. The Kier molecular flexibility index (Phi) is 6.64. The molecule has 0 atom stereocenters. The highest BCUT2D eigenvalue weighted by Gasteiger charge is 2.09. The zero-order chi connectivity index (χ0) is 15.0. The highest BCUT2D eigenvalue weighted by Crippen LogP contribution is 2.29. The van der Waals surface area contributed by atoms with E-state index in [9.17, 15) is 8.42 Å². The number of sulfone groups is 1. The van der Waals surface area contributed by atoms with Crippen LogP contribution in [-0.4, -0.2) is 39.7 Å². The molecule has 0 saturated heterocycles. The lowest BCUT2D eigenvalue weighted by atomic mass is 10.2. The van der Waals surface area contributed by atoms with Gasteiger partial charge in [0.2, 0.25) is 0 Å². The minimum Gasteiger partial charge on any atom is -0.494 e. The van der Waals surface area contributed by atoms with Gasteiger partial charge in [0.1, 0.15) is 11.5 Å². The second-order valence-electron chi connectivity index (χ2n) is 4.19. The van der Waals surface area contributed by atoms with Crippen LogP contribution in [-0.2, 0) is 9.84 Å². The van der Waals surface area contributed by atoms with E-state index in [0.717, 1.165) is 11.4 Å². The summed E-state index contributed by atoms with van der Waals surface area (Å²) < 4.78 is 33.9. The van der Waals surface area contributed by atoms with Crippen LogP contribution in [0.25, 0.3) is 0 Å². The van der Waals surface area contributed by atoms with Crippen LogP contribution in [0.4, 0.5) is 5.69 Å². The van der Waals surface area contributed by atoms with Crippen molar-refractivity contribution < 1.29 is 17.9 Å². The predicted octanol–water partition coefficient (Wildman–Crippen LogP) is 2.33. The van der Waals surface area contributed by atoms with Gasteiger partial charge in [-0.2, -0.15) is 0 Å². The first kappa shape index (κ1) is 16.6. The van der Waals surface area contributed by atoms with Gasteiger partial charge in [-0.05, 0) is 26.0 Å². The Bertz CT molecular complexity index is 514. The molecule has 20 heavy (non-hydrogen) atoms. The van der Waals surface area contributed by atoms with Gasteiger partial charge < -0.3 is 14.8 Å². The third kappa shape index (κ3) is 5.28. The largest absolute Gasteiger partial charge is 0.494 e. The summed E-state index contributed by atoms with van der Waals surface area (Å²) >= 11 is 0. The number of anilines is 1. The number of rotatable bonds is 9. The maximum absolute atomic E-state index is 11.5. The normalized spacial score (nSPS) is 11.2. The number of hydrogen-bond acceptors (Lipinski definition) is 5. The maximum Gasteiger partial charge on any atom is 0.151 e. The summed E-state index contributed by atoms with van der Waals surface area (Å²) in [5.74, 6) is 1.70. The minimum atomic E-state index is -2.97. The molecule has 0 fully saturated rings. The van der Waals surface area contributed by atoms with Gasteiger partial charge in [-0.25, -0.2) is 8.42 Å². The summed E-state index contributed by atoms with van der Waals surface area (Å²) in [5, 5.41) is 3.10. The average Bonchev–Trinajstić information content (AvgIpc) is 2.42. The molecule has 0 saturated carbocycles. The van der Waals surface area contributed by atoms with Crippen LogP contribution in [0.3, 0.4) is 0 Å². The van der Waals surface area contributed by atoms with E-state index in [1.165, 1.54) is 0 Å². The first-order valence-corrected chi connectivity index (χ1v) is 8.68. The van der Waals surface area contributed by atoms with Crippen molar-refractivity contribution >= 4 is 15.5 Å². The molecule has 0 aromatic heterocycles. The minimum absolute atomic E-state index is 0.105. The third-order valence-corrected chi connectivity index (χ3v) is 4.44. The van der Waals surface area contributed by atoms with Crippen molar-refractivity contribution in [1.82, 2.24) is 0 Å². The van der Waals surface area contributed by atoms with Crippen molar-refractivity contribution in [2.45, 2.75) is 20.8 Å². The molecule has 1 aromatic rings. The highest BCUT2D eigenvalue weighted by atomic mass is 32.2. The van der Waals surface area contributed by atoms with Gasteiger partial charge in [0, 0.05) is 18.4 Å². The molecule has 114 valence electrons. The Hall–Kier alpha value is -1.43. The lowest BCUT2D eigenvalue weighted by Crippen LogP contribution is -2.17. The molecule has 0 aliphatic carbocycles. The van der Waals surface area contributed by atoms with Crippen LogP contribution >= 0.6 is 0 Å². The van der Waals surface area contributed by atoms with E-state index in [0.29, 0.717) is 25.5 Å². The zero-order valence-corrected chi connectivity index (χ0v) is 13.1. The van der Waals surface area contributed by atoms with Gasteiger partial charge in [0.15, 0.2) is 9.84 Å². The van der Waals surface area contributed by atoms with Crippen LogP contribution in [0.2, 0.25) is 0 Å². The van der Waals surface area contributed by atoms with Crippen LogP contribution in [0.5, 0.6) is 11.5 Å². The van der Waals surface area contributed by atoms with E-state index in [1.807, 2.05) is 32.0 Å². The highest BCUT2D eigenvalue weighted by molar-refractivity contribution is 7.91. The molecule has 0 aliphatic heterocycles. The maximum atomic E-state index is 11.5. The fourth-order valence-corrected chi connectivity index (χ4v) is 2.37. The molecule has 0 unspecified atom stereocenters. The summed E-state index contributed by atoms with van der Waals surface area (Å²) in [6, 6.07) is 5.49. The van der Waals surface area contributed by atoms with Crippen molar-refractivity contribution in [3.05, 3.63) is 18.2 Å². The Morgan fingerprint density at radius 2 is 1.80 bits per heavy atom. The van der Waals surface area contributed by atoms with Crippen molar-refractivity contribution in [3.8, 4) is 11.5 Å². The van der Waals surface area contributed by atoms with Crippen molar-refractivity contribution in [1.29, 1.82) is 0 Å². The van der Waals surface area contributed by atoms with Crippen LogP contribution in [0.1, 0.15) is 20.8 Å². The monoisotopic (exact) mass is 301 g/mol. The molecule has 6 heteroatoms. The predicted molar refractivity (Wildman–Crippen MR) is 81.6 cm³/mol. The van der Waals surface area contributed by atoms with Gasteiger partial charge >= 0.3 is 0 Å². The zero-order valence-electron chi connectivity index (χ0n) is 12.3. The number of ether oxygens (including phenoxy) is 2. The van der Waals surface area contributed by atoms with Crippen molar-refractivity contribution in [2.24, 2.45) is 0 Å². The molecule has 0 heterocycles. The number of nitrogens with one attached hydrogen (secondary N) is 1. The third-order valence-electron chi connectivity index (χ3n) is 2.73. The van der Waals surface area contributed by atoms with E-state index in [2.05, 4.69) is 5.32 Å². The first-order chi connectivity index (χ1) is 9.52. The van der Waals surface area contributed by atoms with E-state index in [1.54, 1.807) is 6.92 Å². The Labute approximate surface area is 121 Å². The quantitative estimate of drug-likeness (QED) is 0.758. The lowest BCUT2D eigenvalue weighted by molar-refractivity contribution is 0.332. The fraction of sp³-hybridized carbons (Fsp3) is 0.571. The smallest absolute Gasteiger partial charge is 0.151 e. The first-order valence-electron chi connectivity index (χ1n) is 6.86. The van der Waals surface area contributed by atoms with Crippen LogP contribution in [0.15, 0.2) is 18.2 Å². The molecule has 0 spiro atoms. The number of benzene rings is 1.